The van der Waals surface area contributed by atoms with Crippen LogP contribution in [-0.4, -0.2) is 58.8 Å². The van der Waals surface area contributed by atoms with Gasteiger partial charge in [0.2, 0.25) is 5.89 Å². The summed E-state index contributed by atoms with van der Waals surface area (Å²) in [5.74, 6) is 1.50. The third-order valence-electron chi connectivity index (χ3n) is 4.04. The molecule has 2 aliphatic heterocycles. The fourth-order valence-corrected chi connectivity index (χ4v) is 2.81. The highest BCUT2D eigenvalue weighted by molar-refractivity contribution is 5.75. The van der Waals surface area contributed by atoms with E-state index in [4.69, 9.17) is 9.26 Å². The van der Waals surface area contributed by atoms with Crippen LogP contribution in [0, 0.1) is 0 Å². The summed E-state index contributed by atoms with van der Waals surface area (Å²) in [6.45, 7) is 7.34. The minimum Gasteiger partial charge on any atom is -0.378 e. The SMILES string of the molecule is CC(C)c1noc([C@@H]2CCCN2C(=O)N2CCOCC2)n1. The Balaban J connectivity index is 1.73. The predicted octanol–water partition coefficient (Wildman–Crippen LogP) is 1.78. The van der Waals surface area contributed by atoms with Gasteiger partial charge in [-0.05, 0) is 12.8 Å². The van der Waals surface area contributed by atoms with Crippen LogP contribution in [0.1, 0.15) is 50.4 Å². The van der Waals surface area contributed by atoms with Gasteiger partial charge in [0.25, 0.3) is 0 Å². The summed E-state index contributed by atoms with van der Waals surface area (Å²) in [4.78, 5) is 20.8. The molecule has 116 valence electrons. The number of carbonyl (C=O) groups excluding carboxylic acids is 1. The zero-order valence-corrected chi connectivity index (χ0v) is 12.6. The molecule has 0 aromatic carbocycles. The van der Waals surface area contributed by atoms with Crippen molar-refractivity contribution in [3.8, 4) is 0 Å². The van der Waals surface area contributed by atoms with Gasteiger partial charge in [-0.2, -0.15) is 4.98 Å². The number of carbonyl (C=O) groups is 1. The Morgan fingerprint density at radius 3 is 2.71 bits per heavy atom. The summed E-state index contributed by atoms with van der Waals surface area (Å²) < 4.78 is 10.7. The third kappa shape index (κ3) is 2.88. The predicted molar refractivity (Wildman–Crippen MR) is 74.9 cm³/mol. The molecule has 1 aromatic heterocycles. The number of aromatic nitrogens is 2. The molecular formula is C14H22N4O3. The number of hydrogen-bond acceptors (Lipinski definition) is 5. The van der Waals surface area contributed by atoms with Crippen molar-refractivity contribution in [2.24, 2.45) is 0 Å². The fourth-order valence-electron chi connectivity index (χ4n) is 2.81. The normalized spacial score (nSPS) is 23.1. The summed E-state index contributed by atoms with van der Waals surface area (Å²) in [5.41, 5.74) is 0. The third-order valence-corrected chi connectivity index (χ3v) is 4.04. The van der Waals surface area contributed by atoms with Crippen LogP contribution in [0.5, 0.6) is 0 Å². The van der Waals surface area contributed by atoms with E-state index < -0.39 is 0 Å². The molecule has 0 spiro atoms. The zero-order valence-electron chi connectivity index (χ0n) is 12.6. The van der Waals surface area contributed by atoms with E-state index in [0.29, 0.717) is 38.0 Å². The Kier molecular flexibility index (Phi) is 4.10. The molecule has 0 radical (unpaired) electrons. The lowest BCUT2D eigenvalue weighted by Gasteiger charge is -2.32. The maximum absolute atomic E-state index is 12.6. The second-order valence-corrected chi connectivity index (χ2v) is 5.88. The first-order chi connectivity index (χ1) is 10.2. The highest BCUT2D eigenvalue weighted by atomic mass is 16.5. The van der Waals surface area contributed by atoms with Crippen LogP contribution in [0.2, 0.25) is 0 Å². The molecule has 2 fully saturated rings. The van der Waals surface area contributed by atoms with E-state index in [1.165, 1.54) is 0 Å². The maximum atomic E-state index is 12.6. The van der Waals surface area contributed by atoms with Gasteiger partial charge in [-0.25, -0.2) is 4.79 Å². The Morgan fingerprint density at radius 2 is 2.05 bits per heavy atom. The number of morpholine rings is 1. The molecule has 21 heavy (non-hydrogen) atoms. The highest BCUT2D eigenvalue weighted by Gasteiger charge is 2.36. The van der Waals surface area contributed by atoms with Crippen LogP contribution in [0.25, 0.3) is 0 Å². The molecule has 0 N–H and O–H groups in total. The van der Waals surface area contributed by atoms with Crippen molar-refractivity contribution >= 4 is 6.03 Å². The summed E-state index contributed by atoms with van der Waals surface area (Å²) in [6.07, 6.45) is 1.86. The van der Waals surface area contributed by atoms with Gasteiger partial charge in [-0.3, -0.25) is 0 Å². The molecule has 3 heterocycles. The molecule has 3 rings (SSSR count). The molecule has 0 saturated carbocycles. The summed E-state index contributed by atoms with van der Waals surface area (Å²) >= 11 is 0. The van der Waals surface area contributed by atoms with Crippen molar-refractivity contribution in [3.63, 3.8) is 0 Å². The average Bonchev–Trinajstić information content (AvgIpc) is 3.16. The van der Waals surface area contributed by atoms with Crippen LogP contribution in [0.4, 0.5) is 4.79 Å². The Bertz CT molecular complexity index is 496. The van der Waals surface area contributed by atoms with Gasteiger partial charge in [0, 0.05) is 25.6 Å². The smallest absolute Gasteiger partial charge is 0.320 e. The average molecular weight is 294 g/mol. The van der Waals surface area contributed by atoms with E-state index in [1.54, 1.807) is 0 Å². The largest absolute Gasteiger partial charge is 0.378 e. The molecule has 7 nitrogen and oxygen atoms in total. The quantitative estimate of drug-likeness (QED) is 0.831. The number of rotatable bonds is 2. The molecule has 0 bridgehead atoms. The van der Waals surface area contributed by atoms with Gasteiger partial charge < -0.3 is 19.1 Å². The van der Waals surface area contributed by atoms with E-state index in [2.05, 4.69) is 10.1 Å². The molecule has 1 aromatic rings. The van der Waals surface area contributed by atoms with E-state index >= 15 is 0 Å². The van der Waals surface area contributed by atoms with E-state index in [1.807, 2.05) is 23.6 Å². The summed E-state index contributed by atoms with van der Waals surface area (Å²) in [5, 5.41) is 4.01. The van der Waals surface area contributed by atoms with Gasteiger partial charge in [-0.1, -0.05) is 19.0 Å². The zero-order chi connectivity index (χ0) is 14.8. The number of ether oxygens (including phenoxy) is 1. The second kappa shape index (κ2) is 6.01. The van der Waals surface area contributed by atoms with Crippen LogP contribution >= 0.6 is 0 Å². The van der Waals surface area contributed by atoms with Crippen LogP contribution in [0.3, 0.4) is 0 Å². The molecule has 0 unspecified atom stereocenters. The number of likely N-dealkylation sites (tertiary alicyclic amines) is 1. The number of nitrogens with zero attached hydrogens (tertiary/aromatic N) is 4. The van der Waals surface area contributed by atoms with E-state index in [9.17, 15) is 4.79 Å². The van der Waals surface area contributed by atoms with Crippen molar-refractivity contribution < 1.29 is 14.1 Å². The minimum absolute atomic E-state index is 0.0603. The Hall–Kier alpha value is -1.63. The van der Waals surface area contributed by atoms with Crippen molar-refractivity contribution in [3.05, 3.63) is 11.7 Å². The van der Waals surface area contributed by atoms with Crippen molar-refractivity contribution in [1.29, 1.82) is 0 Å². The summed E-state index contributed by atoms with van der Waals surface area (Å²) in [7, 11) is 0. The number of urea groups is 1. The van der Waals surface area contributed by atoms with Gasteiger partial charge in [0.1, 0.15) is 6.04 Å². The first-order valence-corrected chi connectivity index (χ1v) is 7.63. The highest BCUT2D eigenvalue weighted by Crippen LogP contribution is 2.32. The van der Waals surface area contributed by atoms with Crippen LogP contribution in [-0.2, 0) is 4.74 Å². The van der Waals surface area contributed by atoms with E-state index in [0.717, 1.165) is 19.4 Å². The lowest BCUT2D eigenvalue weighted by Crippen LogP contribution is -2.47. The van der Waals surface area contributed by atoms with Crippen LogP contribution in [0.15, 0.2) is 4.52 Å². The first kappa shape index (κ1) is 14.3. The minimum atomic E-state index is -0.0830. The standard InChI is InChI=1S/C14H22N4O3/c1-10(2)12-15-13(21-16-12)11-4-3-5-18(11)14(19)17-6-8-20-9-7-17/h10-11H,3-9H2,1-2H3/t11-/m0/s1. The van der Waals surface area contributed by atoms with E-state index in [-0.39, 0.29) is 18.0 Å². The molecule has 2 aliphatic rings. The molecule has 7 heteroatoms. The fraction of sp³-hybridized carbons (Fsp3) is 0.786. The Labute approximate surface area is 124 Å². The molecule has 2 amide bonds. The number of amides is 2. The van der Waals surface area contributed by atoms with Crippen molar-refractivity contribution in [1.82, 2.24) is 19.9 Å². The molecule has 1 atom stereocenters. The van der Waals surface area contributed by atoms with Gasteiger partial charge in [0.05, 0.1) is 13.2 Å². The topological polar surface area (TPSA) is 71.7 Å². The lowest BCUT2D eigenvalue weighted by atomic mass is 10.2. The van der Waals surface area contributed by atoms with Gasteiger partial charge in [-0.15, -0.1) is 0 Å². The first-order valence-electron chi connectivity index (χ1n) is 7.63. The second-order valence-electron chi connectivity index (χ2n) is 5.88. The van der Waals surface area contributed by atoms with Gasteiger partial charge >= 0.3 is 6.03 Å². The van der Waals surface area contributed by atoms with Gasteiger partial charge in [0.15, 0.2) is 5.82 Å². The van der Waals surface area contributed by atoms with Crippen LogP contribution < -0.4 is 0 Å². The van der Waals surface area contributed by atoms with Crippen molar-refractivity contribution in [2.75, 3.05) is 32.8 Å². The monoisotopic (exact) mass is 294 g/mol. The molecule has 2 saturated heterocycles. The van der Waals surface area contributed by atoms with Crippen molar-refractivity contribution in [2.45, 2.75) is 38.6 Å². The summed E-state index contributed by atoms with van der Waals surface area (Å²) in [6, 6.07) is -0.0227. The Morgan fingerprint density at radius 1 is 1.29 bits per heavy atom. The molecule has 0 aliphatic carbocycles. The number of hydrogen-bond donors (Lipinski definition) is 0. The lowest BCUT2D eigenvalue weighted by molar-refractivity contribution is 0.0410. The molecular weight excluding hydrogens is 272 g/mol. The maximum Gasteiger partial charge on any atom is 0.320 e.